The number of azide groups is 1. The Hall–Kier alpha value is -2.00. The lowest BCUT2D eigenvalue weighted by Crippen LogP contribution is -2.46. The molecule has 1 atom stereocenters. The van der Waals surface area contributed by atoms with Crippen LogP contribution in [0.25, 0.3) is 10.4 Å². The van der Waals surface area contributed by atoms with Crippen molar-refractivity contribution in [1.29, 1.82) is 0 Å². The van der Waals surface area contributed by atoms with E-state index < -0.39 is 16.9 Å². The quantitative estimate of drug-likeness (QED) is 0.357. The Morgan fingerprint density at radius 1 is 1.26 bits per heavy atom. The average Bonchev–Trinajstić information content (AvgIpc) is 2.36. The molecule has 1 unspecified atom stereocenters. The van der Waals surface area contributed by atoms with Gasteiger partial charge in [-0.1, -0.05) is 56.2 Å². The summed E-state index contributed by atoms with van der Waals surface area (Å²) in [6.45, 7) is 7.29. The van der Waals surface area contributed by atoms with Crippen molar-refractivity contribution >= 4 is 5.97 Å². The molecule has 0 amide bonds. The van der Waals surface area contributed by atoms with Gasteiger partial charge in [0.25, 0.3) is 0 Å². The first-order valence-corrected chi connectivity index (χ1v) is 6.08. The summed E-state index contributed by atoms with van der Waals surface area (Å²) in [7, 11) is 0. The highest BCUT2D eigenvalue weighted by Gasteiger charge is 2.45. The summed E-state index contributed by atoms with van der Waals surface area (Å²) in [4.78, 5) is 15.0. The minimum atomic E-state index is -1.23. The van der Waals surface area contributed by atoms with Crippen LogP contribution < -0.4 is 0 Å². The Morgan fingerprint density at radius 3 is 2.32 bits per heavy atom. The van der Waals surface area contributed by atoms with Crippen molar-refractivity contribution in [2.45, 2.75) is 39.8 Å². The number of hydrogen-bond acceptors (Lipinski definition) is 3. The molecule has 0 spiro atoms. The topological polar surface area (TPSA) is 75.1 Å². The maximum atomic E-state index is 12.2. The Balaban J connectivity index is 2.83. The van der Waals surface area contributed by atoms with E-state index in [0.29, 0.717) is 0 Å². The van der Waals surface area contributed by atoms with Crippen molar-refractivity contribution in [1.82, 2.24) is 0 Å². The first-order valence-electron chi connectivity index (χ1n) is 6.08. The second kappa shape index (κ2) is 5.76. The van der Waals surface area contributed by atoms with Gasteiger partial charge in [-0.15, -0.1) is 0 Å². The second-order valence-corrected chi connectivity index (χ2v) is 5.57. The van der Waals surface area contributed by atoms with Gasteiger partial charge in [-0.2, -0.15) is 0 Å². The summed E-state index contributed by atoms with van der Waals surface area (Å²) >= 11 is 0. The van der Waals surface area contributed by atoms with Crippen molar-refractivity contribution < 1.29 is 9.53 Å². The van der Waals surface area contributed by atoms with Gasteiger partial charge < -0.3 is 4.74 Å². The van der Waals surface area contributed by atoms with E-state index in [4.69, 9.17) is 10.3 Å². The van der Waals surface area contributed by atoms with Crippen LogP contribution in [-0.2, 0) is 16.1 Å². The highest BCUT2D eigenvalue weighted by Crippen LogP contribution is 2.35. The van der Waals surface area contributed by atoms with Crippen LogP contribution in [0.4, 0.5) is 0 Å². The first kappa shape index (κ1) is 15.1. The lowest BCUT2D eigenvalue weighted by molar-refractivity contribution is -0.155. The predicted molar refractivity (Wildman–Crippen MR) is 73.2 cm³/mol. The Labute approximate surface area is 113 Å². The Morgan fingerprint density at radius 2 is 1.84 bits per heavy atom. The van der Waals surface area contributed by atoms with E-state index in [9.17, 15) is 4.79 Å². The number of carbonyl (C=O) groups excluding carboxylic acids is 1. The van der Waals surface area contributed by atoms with Crippen LogP contribution in [0.15, 0.2) is 35.4 Å². The van der Waals surface area contributed by atoms with Crippen LogP contribution >= 0.6 is 0 Å². The lowest BCUT2D eigenvalue weighted by Gasteiger charge is -2.35. The molecule has 0 aliphatic carbocycles. The molecule has 0 saturated carbocycles. The van der Waals surface area contributed by atoms with Gasteiger partial charge in [0.1, 0.15) is 12.1 Å². The predicted octanol–water partition coefficient (Wildman–Crippen LogP) is 3.84. The molecule has 0 bridgehead atoms. The van der Waals surface area contributed by atoms with Crippen LogP contribution in [0.5, 0.6) is 0 Å². The zero-order valence-corrected chi connectivity index (χ0v) is 11.8. The number of rotatable bonds is 4. The molecule has 0 aliphatic rings. The standard InChI is InChI=1S/C14H19N3O2/c1-13(2,3)14(4,16-17-15)12(18)19-10-11-8-6-5-7-9-11/h5-9H,10H2,1-4H3. The van der Waals surface area contributed by atoms with Crippen LogP contribution in [0.3, 0.4) is 0 Å². The summed E-state index contributed by atoms with van der Waals surface area (Å²) in [6, 6.07) is 9.38. The summed E-state index contributed by atoms with van der Waals surface area (Å²) in [5.74, 6) is -0.512. The van der Waals surface area contributed by atoms with E-state index in [1.54, 1.807) is 6.92 Å². The molecule has 0 saturated heterocycles. The average molecular weight is 261 g/mol. The maximum absolute atomic E-state index is 12.2. The molecule has 1 aromatic carbocycles. The third-order valence-electron chi connectivity index (χ3n) is 3.32. The van der Waals surface area contributed by atoms with Crippen LogP contribution in [-0.4, -0.2) is 11.5 Å². The highest BCUT2D eigenvalue weighted by molar-refractivity contribution is 5.81. The Kier molecular flexibility index (Phi) is 4.57. The molecule has 19 heavy (non-hydrogen) atoms. The molecule has 1 rings (SSSR count). The molecule has 0 fully saturated rings. The molecule has 0 aliphatic heterocycles. The zero-order valence-electron chi connectivity index (χ0n) is 11.8. The van der Waals surface area contributed by atoms with Crippen molar-refractivity contribution in [2.24, 2.45) is 10.5 Å². The number of hydrogen-bond donors (Lipinski definition) is 0. The fourth-order valence-electron chi connectivity index (χ4n) is 1.45. The Bertz CT molecular complexity index is 487. The molecular formula is C14H19N3O2. The second-order valence-electron chi connectivity index (χ2n) is 5.57. The molecule has 5 nitrogen and oxygen atoms in total. The molecule has 0 heterocycles. The van der Waals surface area contributed by atoms with Crippen LogP contribution in [0.2, 0.25) is 0 Å². The van der Waals surface area contributed by atoms with E-state index in [1.165, 1.54) is 0 Å². The van der Waals surface area contributed by atoms with Gasteiger partial charge in [0, 0.05) is 4.91 Å². The molecule has 5 heteroatoms. The van der Waals surface area contributed by atoms with Crippen molar-refractivity contribution in [3.05, 3.63) is 46.3 Å². The first-order chi connectivity index (χ1) is 8.81. The van der Waals surface area contributed by atoms with Crippen molar-refractivity contribution in [3.63, 3.8) is 0 Å². The minimum absolute atomic E-state index is 0.173. The third-order valence-corrected chi connectivity index (χ3v) is 3.32. The minimum Gasteiger partial charge on any atom is -0.460 e. The summed E-state index contributed by atoms with van der Waals surface area (Å²) in [5.41, 5.74) is 7.80. The highest BCUT2D eigenvalue weighted by atomic mass is 16.5. The zero-order chi connectivity index (χ0) is 14.5. The SMILES string of the molecule is CC(C)(C)C(C)(N=[N+]=[N-])C(=O)OCc1ccccc1. The number of esters is 1. The normalized spacial score (nSPS) is 14.1. The smallest absolute Gasteiger partial charge is 0.318 e. The van der Waals surface area contributed by atoms with Crippen molar-refractivity contribution in [2.75, 3.05) is 0 Å². The van der Waals surface area contributed by atoms with Gasteiger partial charge >= 0.3 is 5.97 Å². The number of nitrogens with zero attached hydrogens (tertiary/aromatic N) is 3. The van der Waals surface area contributed by atoms with Gasteiger partial charge in [-0.25, -0.2) is 0 Å². The molecule has 102 valence electrons. The van der Waals surface area contributed by atoms with Crippen molar-refractivity contribution in [3.8, 4) is 0 Å². The maximum Gasteiger partial charge on any atom is 0.318 e. The van der Waals surface area contributed by atoms with E-state index >= 15 is 0 Å². The van der Waals surface area contributed by atoms with E-state index in [1.807, 2.05) is 51.1 Å². The number of ether oxygens (including phenoxy) is 1. The molecule has 0 N–H and O–H groups in total. The van der Waals surface area contributed by atoms with E-state index in [0.717, 1.165) is 5.56 Å². The fourth-order valence-corrected chi connectivity index (χ4v) is 1.45. The van der Waals surface area contributed by atoms with Gasteiger partial charge in [0.15, 0.2) is 0 Å². The summed E-state index contributed by atoms with van der Waals surface area (Å²) in [6.07, 6.45) is 0. The third kappa shape index (κ3) is 3.48. The van der Waals surface area contributed by atoms with Crippen LogP contribution in [0.1, 0.15) is 33.3 Å². The molecule has 0 aromatic heterocycles. The lowest BCUT2D eigenvalue weighted by atomic mass is 9.75. The van der Waals surface area contributed by atoms with Gasteiger partial charge in [-0.05, 0) is 23.4 Å². The number of carbonyl (C=O) groups is 1. The van der Waals surface area contributed by atoms with Gasteiger partial charge in [0.05, 0.1) is 0 Å². The van der Waals surface area contributed by atoms with E-state index in [2.05, 4.69) is 10.0 Å². The van der Waals surface area contributed by atoms with Gasteiger partial charge in [0.2, 0.25) is 0 Å². The van der Waals surface area contributed by atoms with Crippen LogP contribution in [0, 0.1) is 5.41 Å². The van der Waals surface area contributed by atoms with E-state index in [-0.39, 0.29) is 6.61 Å². The molecule has 0 radical (unpaired) electrons. The largest absolute Gasteiger partial charge is 0.460 e. The summed E-state index contributed by atoms with van der Waals surface area (Å²) < 4.78 is 5.27. The fraction of sp³-hybridized carbons (Fsp3) is 0.500. The van der Waals surface area contributed by atoms with Gasteiger partial charge in [-0.3, -0.25) is 4.79 Å². The monoisotopic (exact) mass is 261 g/mol. The molecular weight excluding hydrogens is 242 g/mol. The molecule has 1 aromatic rings. The number of benzene rings is 1. The summed E-state index contributed by atoms with van der Waals surface area (Å²) in [5, 5.41) is 3.65.